The molecule has 0 saturated carbocycles. The molecule has 0 unspecified atom stereocenters. The van der Waals surface area contributed by atoms with Gasteiger partial charge >= 0.3 is 6.03 Å². The van der Waals surface area contributed by atoms with E-state index in [9.17, 15) is 4.79 Å². The van der Waals surface area contributed by atoms with Crippen molar-refractivity contribution in [3.8, 4) is 11.8 Å². The van der Waals surface area contributed by atoms with Gasteiger partial charge in [0.2, 0.25) is 0 Å². The van der Waals surface area contributed by atoms with Gasteiger partial charge in [0.15, 0.2) is 0 Å². The summed E-state index contributed by atoms with van der Waals surface area (Å²) in [4.78, 5) is 16.8. The fraction of sp³-hybridized carbons (Fsp3) is 0.280. The van der Waals surface area contributed by atoms with Crippen LogP contribution in [0.25, 0.3) is 10.8 Å². The summed E-state index contributed by atoms with van der Waals surface area (Å²) in [6.07, 6.45) is 0. The lowest BCUT2D eigenvalue weighted by molar-refractivity contribution is 0.135. The third-order valence-electron chi connectivity index (χ3n) is 5.70. The molecule has 1 saturated heterocycles. The molecule has 3 aromatic carbocycles. The Hall–Kier alpha value is -3.56. The van der Waals surface area contributed by atoms with Gasteiger partial charge in [-0.3, -0.25) is 4.90 Å². The molecule has 0 aromatic heterocycles. The van der Waals surface area contributed by atoms with Crippen LogP contribution in [-0.4, -0.2) is 49.1 Å². The van der Waals surface area contributed by atoms with Gasteiger partial charge in [-0.15, -0.1) is 0 Å². The minimum absolute atomic E-state index is 0.0205. The summed E-state index contributed by atoms with van der Waals surface area (Å²) in [5.41, 5.74) is 2.94. The first kappa shape index (κ1) is 20.7. The lowest BCUT2D eigenvalue weighted by atomic mass is 10.1. The topological polar surface area (TPSA) is 68.6 Å². The van der Waals surface area contributed by atoms with Crippen molar-refractivity contribution in [3.63, 3.8) is 0 Å². The van der Waals surface area contributed by atoms with Crippen molar-refractivity contribution in [2.75, 3.05) is 33.3 Å². The monoisotopic (exact) mass is 414 g/mol. The number of amides is 2. The van der Waals surface area contributed by atoms with Crippen molar-refractivity contribution in [1.82, 2.24) is 15.1 Å². The number of nitriles is 1. The standard InChI is InChI=1S/C25H26N4O2/c1-31-24-9-8-22-14-21(6-7-23(22)15-24)17-27-25(30)29-12-10-28(11-13-29)18-20-4-2-19(16-26)3-5-20/h2-9,14-15H,10-13,17-18H2,1H3,(H,27,30). The first-order valence-corrected chi connectivity index (χ1v) is 10.5. The second kappa shape index (κ2) is 9.50. The van der Waals surface area contributed by atoms with Crippen LogP contribution in [0.1, 0.15) is 16.7 Å². The Morgan fingerprint density at radius 1 is 0.968 bits per heavy atom. The number of methoxy groups -OCH3 is 1. The highest BCUT2D eigenvalue weighted by molar-refractivity contribution is 5.84. The van der Waals surface area contributed by atoms with Gasteiger partial charge in [-0.25, -0.2) is 4.79 Å². The number of hydrogen-bond acceptors (Lipinski definition) is 4. The zero-order valence-corrected chi connectivity index (χ0v) is 17.7. The highest BCUT2D eigenvalue weighted by atomic mass is 16.5. The molecule has 3 aromatic rings. The van der Waals surface area contributed by atoms with Gasteiger partial charge in [-0.05, 0) is 52.2 Å². The van der Waals surface area contributed by atoms with Crippen LogP contribution in [0, 0.1) is 11.3 Å². The van der Waals surface area contributed by atoms with Gasteiger partial charge in [0.1, 0.15) is 5.75 Å². The molecule has 0 atom stereocenters. The van der Waals surface area contributed by atoms with Gasteiger partial charge in [-0.2, -0.15) is 5.26 Å². The number of hydrogen-bond donors (Lipinski definition) is 1. The molecule has 1 aliphatic heterocycles. The number of carbonyl (C=O) groups is 1. The summed E-state index contributed by atoms with van der Waals surface area (Å²) in [5.74, 6) is 0.840. The zero-order chi connectivity index (χ0) is 21.6. The smallest absolute Gasteiger partial charge is 0.317 e. The van der Waals surface area contributed by atoms with Crippen LogP contribution in [0.4, 0.5) is 4.79 Å². The predicted molar refractivity (Wildman–Crippen MR) is 121 cm³/mol. The average Bonchev–Trinajstić information content (AvgIpc) is 2.83. The Morgan fingerprint density at radius 2 is 1.65 bits per heavy atom. The van der Waals surface area contributed by atoms with E-state index < -0.39 is 0 Å². The molecule has 2 amide bonds. The van der Waals surface area contributed by atoms with Crippen LogP contribution in [0.5, 0.6) is 5.75 Å². The van der Waals surface area contributed by atoms with Gasteiger partial charge in [0.25, 0.3) is 0 Å². The van der Waals surface area contributed by atoms with E-state index in [2.05, 4.69) is 28.4 Å². The Balaban J connectivity index is 1.26. The maximum atomic E-state index is 12.6. The second-order valence-electron chi connectivity index (χ2n) is 7.78. The van der Waals surface area contributed by atoms with Crippen molar-refractivity contribution in [2.45, 2.75) is 13.1 Å². The second-order valence-corrected chi connectivity index (χ2v) is 7.78. The van der Waals surface area contributed by atoms with Gasteiger partial charge < -0.3 is 15.0 Å². The first-order valence-electron chi connectivity index (χ1n) is 10.5. The maximum absolute atomic E-state index is 12.6. The molecule has 158 valence electrons. The molecular formula is C25H26N4O2. The van der Waals surface area contributed by atoms with Crippen LogP contribution in [0.2, 0.25) is 0 Å². The number of rotatable bonds is 5. The fourth-order valence-corrected chi connectivity index (χ4v) is 3.85. The van der Waals surface area contributed by atoms with E-state index >= 15 is 0 Å². The van der Waals surface area contributed by atoms with E-state index in [4.69, 9.17) is 10.00 Å². The molecule has 1 fully saturated rings. The number of piperazine rings is 1. The summed E-state index contributed by atoms with van der Waals surface area (Å²) >= 11 is 0. The van der Waals surface area contributed by atoms with Crippen LogP contribution >= 0.6 is 0 Å². The van der Waals surface area contributed by atoms with Crippen molar-refractivity contribution in [3.05, 3.63) is 77.4 Å². The Labute approximate surface area is 182 Å². The molecule has 1 heterocycles. The highest BCUT2D eigenvalue weighted by Crippen LogP contribution is 2.22. The third kappa shape index (κ3) is 5.14. The minimum Gasteiger partial charge on any atom is -0.497 e. The van der Waals surface area contributed by atoms with Gasteiger partial charge in [0, 0.05) is 39.3 Å². The Kier molecular flexibility index (Phi) is 6.34. The maximum Gasteiger partial charge on any atom is 0.317 e. The lowest BCUT2D eigenvalue weighted by Gasteiger charge is -2.34. The number of benzene rings is 3. The number of nitrogens with zero attached hydrogens (tertiary/aromatic N) is 3. The summed E-state index contributed by atoms with van der Waals surface area (Å²) in [5, 5.41) is 14.2. The predicted octanol–water partition coefficient (Wildman–Crippen LogP) is 3.75. The van der Waals surface area contributed by atoms with Crippen LogP contribution in [0.3, 0.4) is 0 Å². The van der Waals surface area contributed by atoms with Crippen LogP contribution in [0.15, 0.2) is 60.7 Å². The van der Waals surface area contributed by atoms with E-state index in [1.807, 2.05) is 53.4 Å². The zero-order valence-electron chi connectivity index (χ0n) is 17.7. The molecular weight excluding hydrogens is 388 g/mol. The molecule has 0 spiro atoms. The first-order chi connectivity index (χ1) is 15.1. The average molecular weight is 415 g/mol. The van der Waals surface area contributed by atoms with E-state index in [-0.39, 0.29) is 6.03 Å². The molecule has 31 heavy (non-hydrogen) atoms. The molecule has 4 rings (SSSR count). The van der Waals surface area contributed by atoms with Crippen LogP contribution in [-0.2, 0) is 13.1 Å². The Morgan fingerprint density at radius 3 is 2.35 bits per heavy atom. The van der Waals surface area contributed by atoms with Gasteiger partial charge in [-0.1, -0.05) is 30.3 Å². The van der Waals surface area contributed by atoms with E-state index in [1.54, 1.807) is 7.11 Å². The minimum atomic E-state index is -0.0205. The molecule has 0 aliphatic carbocycles. The lowest BCUT2D eigenvalue weighted by Crippen LogP contribution is -2.51. The number of fused-ring (bicyclic) bond motifs is 1. The summed E-state index contributed by atoms with van der Waals surface area (Å²) in [6.45, 7) is 4.44. The van der Waals surface area contributed by atoms with Crippen LogP contribution < -0.4 is 10.1 Å². The van der Waals surface area contributed by atoms with Crippen molar-refractivity contribution in [1.29, 1.82) is 5.26 Å². The number of nitrogens with one attached hydrogen (secondary N) is 1. The third-order valence-corrected chi connectivity index (χ3v) is 5.70. The fourth-order valence-electron chi connectivity index (χ4n) is 3.85. The Bertz CT molecular complexity index is 1100. The van der Waals surface area contributed by atoms with Gasteiger partial charge in [0.05, 0.1) is 18.7 Å². The highest BCUT2D eigenvalue weighted by Gasteiger charge is 2.20. The van der Waals surface area contributed by atoms with E-state index in [0.29, 0.717) is 25.2 Å². The van der Waals surface area contributed by atoms with Crippen molar-refractivity contribution < 1.29 is 9.53 Å². The molecule has 1 N–H and O–H groups in total. The quantitative estimate of drug-likeness (QED) is 0.690. The molecule has 1 aliphatic rings. The number of ether oxygens (including phenoxy) is 1. The molecule has 0 bridgehead atoms. The molecule has 0 radical (unpaired) electrons. The van der Waals surface area contributed by atoms with Crippen molar-refractivity contribution in [2.24, 2.45) is 0 Å². The summed E-state index contributed by atoms with van der Waals surface area (Å²) < 4.78 is 5.27. The SMILES string of the molecule is COc1ccc2cc(CNC(=O)N3CCN(Cc4ccc(C#N)cc4)CC3)ccc2c1. The van der Waals surface area contributed by atoms with E-state index in [0.717, 1.165) is 41.7 Å². The van der Waals surface area contributed by atoms with Crippen molar-refractivity contribution >= 4 is 16.8 Å². The summed E-state index contributed by atoms with van der Waals surface area (Å²) in [6, 6.07) is 22.0. The normalized spacial score (nSPS) is 14.3. The number of urea groups is 1. The largest absolute Gasteiger partial charge is 0.497 e. The molecule has 6 heteroatoms. The summed E-state index contributed by atoms with van der Waals surface area (Å²) in [7, 11) is 1.66. The molecule has 6 nitrogen and oxygen atoms in total. The van der Waals surface area contributed by atoms with E-state index in [1.165, 1.54) is 5.56 Å². The number of carbonyl (C=O) groups excluding carboxylic acids is 1.